The van der Waals surface area contributed by atoms with E-state index in [0.29, 0.717) is 40.5 Å². The van der Waals surface area contributed by atoms with E-state index in [1.807, 2.05) is 18.4 Å². The van der Waals surface area contributed by atoms with Crippen molar-refractivity contribution >= 4 is 46.6 Å². The van der Waals surface area contributed by atoms with Gasteiger partial charge in [0, 0.05) is 22.9 Å². The van der Waals surface area contributed by atoms with Crippen LogP contribution in [0.4, 0.5) is 11.4 Å². The summed E-state index contributed by atoms with van der Waals surface area (Å²) < 4.78 is 7.23. The first-order valence-corrected chi connectivity index (χ1v) is 11.5. The largest absolute Gasteiger partial charge is 0.494 e. The Labute approximate surface area is 195 Å². The van der Waals surface area contributed by atoms with Gasteiger partial charge in [0.1, 0.15) is 11.6 Å². The second-order valence-electron chi connectivity index (χ2n) is 6.67. The monoisotopic (exact) mass is 473 g/mol. The first kappa shape index (κ1) is 23.6. The lowest BCUT2D eigenvalue weighted by Gasteiger charge is -2.09. The maximum Gasteiger partial charge on any atom is 0.234 e. The molecular formula is C22H24ClN5O3S. The van der Waals surface area contributed by atoms with Crippen molar-refractivity contribution in [2.24, 2.45) is 0 Å². The summed E-state index contributed by atoms with van der Waals surface area (Å²) in [6.07, 6.45) is 0.0727. The molecule has 0 saturated heterocycles. The molecule has 0 spiro atoms. The molecule has 0 bridgehead atoms. The molecule has 0 aliphatic rings. The third-order valence-electron chi connectivity index (χ3n) is 4.32. The number of hydrogen-bond acceptors (Lipinski definition) is 6. The van der Waals surface area contributed by atoms with E-state index in [9.17, 15) is 9.59 Å². The smallest absolute Gasteiger partial charge is 0.234 e. The van der Waals surface area contributed by atoms with Gasteiger partial charge in [0.15, 0.2) is 5.16 Å². The highest BCUT2D eigenvalue weighted by Gasteiger charge is 2.16. The summed E-state index contributed by atoms with van der Waals surface area (Å²) in [6, 6.07) is 14.1. The minimum absolute atomic E-state index is 0.0727. The summed E-state index contributed by atoms with van der Waals surface area (Å²) in [5.74, 6) is 1.05. The van der Waals surface area contributed by atoms with E-state index in [1.54, 1.807) is 48.5 Å². The Kier molecular flexibility index (Phi) is 8.52. The van der Waals surface area contributed by atoms with Crippen molar-refractivity contribution in [2.75, 3.05) is 23.0 Å². The number of nitrogens with one attached hydrogen (secondary N) is 2. The molecule has 2 aromatic carbocycles. The fourth-order valence-electron chi connectivity index (χ4n) is 2.92. The minimum atomic E-state index is -0.202. The van der Waals surface area contributed by atoms with Crippen LogP contribution in [0.1, 0.15) is 19.7 Å². The lowest BCUT2D eigenvalue weighted by Crippen LogP contribution is -2.18. The Morgan fingerprint density at radius 2 is 1.78 bits per heavy atom. The van der Waals surface area contributed by atoms with Gasteiger partial charge in [0.05, 0.1) is 18.8 Å². The average molecular weight is 474 g/mol. The maximum atomic E-state index is 12.5. The van der Waals surface area contributed by atoms with Gasteiger partial charge in [-0.3, -0.25) is 9.59 Å². The number of thioether (sulfide) groups is 1. The number of nitrogens with zero attached hydrogens (tertiary/aromatic N) is 3. The van der Waals surface area contributed by atoms with Crippen LogP contribution < -0.4 is 15.4 Å². The molecule has 2 amide bonds. The third-order valence-corrected chi connectivity index (χ3v) is 5.52. The van der Waals surface area contributed by atoms with Crippen LogP contribution in [0, 0.1) is 0 Å². The van der Waals surface area contributed by atoms with Gasteiger partial charge in [-0.1, -0.05) is 29.4 Å². The summed E-state index contributed by atoms with van der Waals surface area (Å²) in [5, 5.41) is 15.1. The Balaban J connectivity index is 1.55. The highest BCUT2D eigenvalue weighted by Crippen LogP contribution is 2.20. The van der Waals surface area contributed by atoms with Crippen LogP contribution in [0.15, 0.2) is 53.7 Å². The van der Waals surface area contributed by atoms with E-state index in [4.69, 9.17) is 16.3 Å². The molecular weight excluding hydrogens is 450 g/mol. The number of halogens is 1. The zero-order valence-corrected chi connectivity index (χ0v) is 19.4. The molecule has 0 saturated carbocycles. The fourth-order valence-corrected chi connectivity index (χ4v) is 3.93. The zero-order valence-electron chi connectivity index (χ0n) is 17.8. The van der Waals surface area contributed by atoms with Crippen molar-refractivity contribution in [3.8, 4) is 5.75 Å². The quantitative estimate of drug-likeness (QED) is 0.427. The average Bonchev–Trinajstić information content (AvgIpc) is 3.15. The Hall–Kier alpha value is -3.04. The van der Waals surface area contributed by atoms with Crippen LogP contribution in [-0.4, -0.2) is 38.9 Å². The number of carbonyl (C=O) groups excluding carboxylic acids is 2. The van der Waals surface area contributed by atoms with Crippen LogP contribution in [-0.2, 0) is 22.6 Å². The lowest BCUT2D eigenvalue weighted by molar-refractivity contribution is -0.116. The number of rotatable bonds is 10. The molecule has 32 heavy (non-hydrogen) atoms. The van der Waals surface area contributed by atoms with Crippen LogP contribution >= 0.6 is 23.4 Å². The molecule has 1 aromatic heterocycles. The molecule has 0 atom stereocenters. The molecule has 0 radical (unpaired) electrons. The summed E-state index contributed by atoms with van der Waals surface area (Å²) in [4.78, 5) is 24.7. The Morgan fingerprint density at radius 1 is 1.03 bits per heavy atom. The number of carbonyl (C=O) groups is 2. The maximum absolute atomic E-state index is 12.5. The zero-order chi connectivity index (χ0) is 22.9. The van der Waals surface area contributed by atoms with Gasteiger partial charge in [-0.15, -0.1) is 10.2 Å². The van der Waals surface area contributed by atoms with E-state index < -0.39 is 0 Å². The number of aromatic nitrogens is 3. The molecule has 0 aliphatic heterocycles. The van der Waals surface area contributed by atoms with Gasteiger partial charge in [0.2, 0.25) is 11.8 Å². The van der Waals surface area contributed by atoms with Crippen LogP contribution in [0.5, 0.6) is 5.75 Å². The third kappa shape index (κ3) is 6.73. The number of benzene rings is 2. The van der Waals surface area contributed by atoms with Crippen molar-refractivity contribution in [3.05, 3.63) is 59.4 Å². The van der Waals surface area contributed by atoms with E-state index in [0.717, 1.165) is 5.75 Å². The molecule has 3 aromatic rings. The molecule has 3 rings (SSSR count). The molecule has 0 aliphatic carbocycles. The van der Waals surface area contributed by atoms with Gasteiger partial charge in [-0.2, -0.15) is 0 Å². The second kappa shape index (κ2) is 11.5. The predicted molar refractivity (Wildman–Crippen MR) is 126 cm³/mol. The number of anilines is 2. The molecule has 8 nitrogen and oxygen atoms in total. The van der Waals surface area contributed by atoms with Gasteiger partial charge >= 0.3 is 0 Å². The van der Waals surface area contributed by atoms with Crippen molar-refractivity contribution in [3.63, 3.8) is 0 Å². The Morgan fingerprint density at radius 3 is 2.47 bits per heavy atom. The number of ether oxygens (including phenoxy) is 1. The molecule has 168 valence electrons. The SMILES string of the molecule is CCOc1ccc(NC(=O)Cc2nnc(SCC(=O)Nc3cccc(Cl)c3)n2CC)cc1. The van der Waals surface area contributed by atoms with Crippen molar-refractivity contribution in [1.82, 2.24) is 14.8 Å². The van der Waals surface area contributed by atoms with Gasteiger partial charge in [-0.05, 0) is 56.3 Å². The molecule has 0 fully saturated rings. The summed E-state index contributed by atoms with van der Waals surface area (Å²) in [6.45, 7) is 5.02. The van der Waals surface area contributed by atoms with Crippen LogP contribution in [0.25, 0.3) is 0 Å². The predicted octanol–water partition coefficient (Wildman–Crippen LogP) is 4.26. The van der Waals surface area contributed by atoms with E-state index >= 15 is 0 Å². The van der Waals surface area contributed by atoms with Gasteiger partial charge < -0.3 is 19.9 Å². The normalized spacial score (nSPS) is 10.6. The van der Waals surface area contributed by atoms with E-state index in [1.165, 1.54) is 11.8 Å². The fraction of sp³-hybridized carbons (Fsp3) is 0.273. The minimum Gasteiger partial charge on any atom is -0.494 e. The van der Waals surface area contributed by atoms with Crippen molar-refractivity contribution in [1.29, 1.82) is 0 Å². The van der Waals surface area contributed by atoms with Crippen LogP contribution in [0.2, 0.25) is 5.02 Å². The number of amides is 2. The summed E-state index contributed by atoms with van der Waals surface area (Å²) in [7, 11) is 0. The van der Waals surface area contributed by atoms with E-state index in [-0.39, 0.29) is 24.0 Å². The second-order valence-corrected chi connectivity index (χ2v) is 8.05. The van der Waals surface area contributed by atoms with Crippen LogP contribution in [0.3, 0.4) is 0 Å². The first-order valence-electron chi connectivity index (χ1n) is 10.1. The topological polar surface area (TPSA) is 98.1 Å². The molecule has 10 heteroatoms. The van der Waals surface area contributed by atoms with Gasteiger partial charge in [-0.25, -0.2) is 0 Å². The molecule has 2 N–H and O–H groups in total. The molecule has 0 unspecified atom stereocenters. The van der Waals surface area contributed by atoms with Crippen molar-refractivity contribution < 1.29 is 14.3 Å². The Bertz CT molecular complexity index is 1070. The molecule has 1 heterocycles. The standard InChI is InChI=1S/C22H24ClN5O3S/c1-3-28-19(13-20(29)24-16-8-10-18(11-9-16)31-4-2)26-27-22(28)32-14-21(30)25-17-7-5-6-15(23)12-17/h5-12H,3-4,13-14H2,1-2H3,(H,24,29)(H,25,30). The van der Waals surface area contributed by atoms with E-state index in [2.05, 4.69) is 20.8 Å². The van der Waals surface area contributed by atoms with Gasteiger partial charge in [0.25, 0.3) is 0 Å². The number of hydrogen-bond donors (Lipinski definition) is 2. The highest BCUT2D eigenvalue weighted by molar-refractivity contribution is 7.99. The highest BCUT2D eigenvalue weighted by atomic mass is 35.5. The summed E-state index contributed by atoms with van der Waals surface area (Å²) >= 11 is 7.20. The first-order chi connectivity index (χ1) is 15.5. The lowest BCUT2D eigenvalue weighted by atomic mass is 10.3. The summed E-state index contributed by atoms with van der Waals surface area (Å²) in [5.41, 5.74) is 1.31. The van der Waals surface area contributed by atoms with Crippen molar-refractivity contribution in [2.45, 2.75) is 32.0 Å².